The normalized spacial score (nSPS) is 17.1. The maximum absolute atomic E-state index is 12.9. The van der Waals surface area contributed by atoms with Crippen LogP contribution in [-0.4, -0.2) is 44.6 Å². The molecular formula is C18H18N6O. The smallest absolute Gasteiger partial charge is 0.254 e. The predicted molar refractivity (Wildman–Crippen MR) is 92.1 cm³/mol. The van der Waals surface area contributed by atoms with Gasteiger partial charge in [0, 0.05) is 13.1 Å². The monoisotopic (exact) mass is 334 g/mol. The van der Waals surface area contributed by atoms with E-state index in [4.69, 9.17) is 0 Å². The van der Waals surface area contributed by atoms with Gasteiger partial charge in [-0.15, -0.1) is 5.10 Å². The fourth-order valence-electron chi connectivity index (χ4n) is 3.28. The molecule has 25 heavy (non-hydrogen) atoms. The third-order valence-corrected chi connectivity index (χ3v) is 4.41. The number of fused-ring (bicyclic) bond motifs is 1. The fraction of sp³-hybridized carbons (Fsp3) is 0.222. The summed E-state index contributed by atoms with van der Waals surface area (Å²) in [6, 6.07) is 15.5. The van der Waals surface area contributed by atoms with Crippen LogP contribution < -0.4 is 5.32 Å². The maximum Gasteiger partial charge on any atom is 0.254 e. The highest BCUT2D eigenvalue weighted by molar-refractivity contribution is 5.98. The Kier molecular flexibility index (Phi) is 3.99. The fourth-order valence-corrected chi connectivity index (χ4v) is 3.28. The van der Waals surface area contributed by atoms with E-state index in [0.29, 0.717) is 11.3 Å². The number of carbonyl (C=O) groups excluding carboxylic acids is 1. The van der Waals surface area contributed by atoms with Gasteiger partial charge < -0.3 is 5.32 Å². The number of nitrogens with one attached hydrogen (secondary N) is 1. The zero-order valence-electron chi connectivity index (χ0n) is 13.8. The Balaban J connectivity index is 1.64. The van der Waals surface area contributed by atoms with Crippen LogP contribution in [0, 0.1) is 0 Å². The molecule has 0 saturated heterocycles. The standard InChI is InChI=1S/C18H18N6O/c1-23-10-13-6-2-3-7-14(13)16(11-23)20-18(25)15-8-4-5-9-17(15)24-12-19-21-22-24/h2-9,12,16H,10-11H2,1H3,(H,20,25). The summed E-state index contributed by atoms with van der Waals surface area (Å²) < 4.78 is 1.50. The Morgan fingerprint density at radius 1 is 1.16 bits per heavy atom. The number of para-hydroxylation sites is 1. The number of amides is 1. The molecular weight excluding hydrogens is 316 g/mol. The van der Waals surface area contributed by atoms with Crippen molar-refractivity contribution in [1.29, 1.82) is 0 Å². The number of benzene rings is 2. The minimum atomic E-state index is -0.138. The Bertz CT molecular complexity index is 892. The minimum absolute atomic E-state index is 0.0515. The average Bonchev–Trinajstić information content (AvgIpc) is 3.16. The topological polar surface area (TPSA) is 75.9 Å². The van der Waals surface area contributed by atoms with E-state index in [1.54, 1.807) is 6.07 Å². The van der Waals surface area contributed by atoms with Crippen molar-refractivity contribution in [2.45, 2.75) is 12.6 Å². The number of rotatable bonds is 3. The molecule has 1 atom stereocenters. The summed E-state index contributed by atoms with van der Waals surface area (Å²) in [6.07, 6.45) is 1.48. The highest BCUT2D eigenvalue weighted by atomic mass is 16.1. The lowest BCUT2D eigenvalue weighted by molar-refractivity contribution is 0.0922. The van der Waals surface area contributed by atoms with E-state index in [1.165, 1.54) is 22.1 Å². The first-order valence-corrected chi connectivity index (χ1v) is 8.12. The molecule has 1 aliphatic heterocycles. The SMILES string of the molecule is CN1Cc2ccccc2C(NC(=O)c2ccccc2-n2cnnn2)C1. The van der Waals surface area contributed by atoms with Gasteiger partial charge in [-0.2, -0.15) is 4.68 Å². The Morgan fingerprint density at radius 2 is 1.96 bits per heavy atom. The van der Waals surface area contributed by atoms with E-state index >= 15 is 0 Å². The van der Waals surface area contributed by atoms with Gasteiger partial charge in [0.05, 0.1) is 17.3 Å². The Hall–Kier alpha value is -3.06. The first-order chi connectivity index (χ1) is 12.2. The van der Waals surface area contributed by atoms with Crippen molar-refractivity contribution in [2.24, 2.45) is 0 Å². The molecule has 7 nitrogen and oxygen atoms in total. The first kappa shape index (κ1) is 15.5. The van der Waals surface area contributed by atoms with Crippen LogP contribution in [0.15, 0.2) is 54.9 Å². The maximum atomic E-state index is 12.9. The molecule has 4 rings (SSSR count). The number of aromatic nitrogens is 4. The first-order valence-electron chi connectivity index (χ1n) is 8.12. The molecule has 1 N–H and O–H groups in total. The molecule has 0 fully saturated rings. The molecule has 2 heterocycles. The second kappa shape index (κ2) is 6.45. The zero-order valence-corrected chi connectivity index (χ0v) is 13.8. The van der Waals surface area contributed by atoms with E-state index in [0.717, 1.165) is 13.1 Å². The minimum Gasteiger partial charge on any atom is -0.344 e. The molecule has 0 saturated carbocycles. The summed E-state index contributed by atoms with van der Waals surface area (Å²) in [5.74, 6) is -0.138. The number of tetrazole rings is 1. The second-order valence-corrected chi connectivity index (χ2v) is 6.19. The lowest BCUT2D eigenvalue weighted by Crippen LogP contribution is -2.40. The summed E-state index contributed by atoms with van der Waals surface area (Å²) >= 11 is 0. The van der Waals surface area contributed by atoms with Crippen LogP contribution in [0.25, 0.3) is 5.69 Å². The number of likely N-dealkylation sites (N-methyl/N-ethyl adjacent to an activating group) is 1. The third-order valence-electron chi connectivity index (χ3n) is 4.41. The van der Waals surface area contributed by atoms with Gasteiger partial charge in [0.25, 0.3) is 5.91 Å². The molecule has 0 spiro atoms. The van der Waals surface area contributed by atoms with Gasteiger partial charge in [-0.05, 0) is 40.7 Å². The number of hydrogen-bond donors (Lipinski definition) is 1. The van der Waals surface area contributed by atoms with Gasteiger partial charge in [0.15, 0.2) is 0 Å². The molecule has 0 bridgehead atoms. The highest BCUT2D eigenvalue weighted by Crippen LogP contribution is 2.26. The summed E-state index contributed by atoms with van der Waals surface area (Å²) in [6.45, 7) is 1.67. The van der Waals surface area contributed by atoms with Crippen LogP contribution in [0.4, 0.5) is 0 Å². The molecule has 126 valence electrons. The predicted octanol–water partition coefficient (Wildman–Crippen LogP) is 1.58. The van der Waals surface area contributed by atoms with Crippen LogP contribution in [0.2, 0.25) is 0 Å². The van der Waals surface area contributed by atoms with E-state index in [2.05, 4.69) is 44.9 Å². The van der Waals surface area contributed by atoms with Crippen molar-refractivity contribution in [3.8, 4) is 5.69 Å². The van der Waals surface area contributed by atoms with Crippen molar-refractivity contribution >= 4 is 5.91 Å². The molecule has 0 radical (unpaired) electrons. The van der Waals surface area contributed by atoms with Gasteiger partial charge in [-0.25, -0.2) is 0 Å². The number of carbonyl (C=O) groups is 1. The van der Waals surface area contributed by atoms with Crippen LogP contribution in [0.1, 0.15) is 27.5 Å². The van der Waals surface area contributed by atoms with Crippen LogP contribution in [-0.2, 0) is 6.54 Å². The summed E-state index contributed by atoms with van der Waals surface area (Å²) in [5.41, 5.74) is 3.62. The Morgan fingerprint density at radius 3 is 2.80 bits per heavy atom. The van der Waals surface area contributed by atoms with E-state index < -0.39 is 0 Å². The molecule has 3 aromatic rings. The summed E-state index contributed by atoms with van der Waals surface area (Å²) in [7, 11) is 2.06. The van der Waals surface area contributed by atoms with Gasteiger partial charge in [-0.1, -0.05) is 36.4 Å². The van der Waals surface area contributed by atoms with Crippen LogP contribution in [0.3, 0.4) is 0 Å². The second-order valence-electron chi connectivity index (χ2n) is 6.19. The van der Waals surface area contributed by atoms with Gasteiger partial charge >= 0.3 is 0 Å². The quantitative estimate of drug-likeness (QED) is 0.787. The molecule has 1 aromatic heterocycles. The van der Waals surface area contributed by atoms with E-state index in [-0.39, 0.29) is 11.9 Å². The van der Waals surface area contributed by atoms with Crippen molar-refractivity contribution in [2.75, 3.05) is 13.6 Å². The molecule has 7 heteroatoms. The zero-order chi connectivity index (χ0) is 17.2. The van der Waals surface area contributed by atoms with Crippen molar-refractivity contribution in [3.63, 3.8) is 0 Å². The molecule has 1 amide bonds. The lowest BCUT2D eigenvalue weighted by Gasteiger charge is -2.32. The van der Waals surface area contributed by atoms with E-state index in [1.807, 2.05) is 30.3 Å². The molecule has 0 aliphatic carbocycles. The lowest BCUT2D eigenvalue weighted by atomic mass is 9.95. The van der Waals surface area contributed by atoms with Gasteiger partial charge in [0.1, 0.15) is 6.33 Å². The largest absolute Gasteiger partial charge is 0.344 e. The molecule has 1 aliphatic rings. The van der Waals surface area contributed by atoms with Crippen LogP contribution >= 0.6 is 0 Å². The van der Waals surface area contributed by atoms with Crippen LogP contribution in [0.5, 0.6) is 0 Å². The molecule has 1 unspecified atom stereocenters. The van der Waals surface area contributed by atoms with Crippen molar-refractivity contribution in [1.82, 2.24) is 30.4 Å². The Labute approximate surface area is 145 Å². The average molecular weight is 334 g/mol. The number of nitrogens with zero attached hydrogens (tertiary/aromatic N) is 5. The van der Waals surface area contributed by atoms with Gasteiger partial charge in [-0.3, -0.25) is 9.69 Å². The van der Waals surface area contributed by atoms with Gasteiger partial charge in [0.2, 0.25) is 0 Å². The third kappa shape index (κ3) is 3.01. The number of hydrogen-bond acceptors (Lipinski definition) is 5. The van der Waals surface area contributed by atoms with E-state index in [9.17, 15) is 4.79 Å². The van der Waals surface area contributed by atoms with Crippen molar-refractivity contribution < 1.29 is 4.79 Å². The molecule has 2 aromatic carbocycles. The summed E-state index contributed by atoms with van der Waals surface area (Å²) in [5, 5.41) is 14.4. The summed E-state index contributed by atoms with van der Waals surface area (Å²) in [4.78, 5) is 15.1. The van der Waals surface area contributed by atoms with Crippen molar-refractivity contribution in [3.05, 3.63) is 71.5 Å². The highest BCUT2D eigenvalue weighted by Gasteiger charge is 2.25.